The van der Waals surface area contributed by atoms with E-state index in [9.17, 15) is 0 Å². The van der Waals surface area contributed by atoms with Crippen molar-refractivity contribution in [3.8, 4) is 0 Å². The van der Waals surface area contributed by atoms with Gasteiger partial charge in [-0.1, -0.05) is 0 Å². The molecule has 4 heteroatoms. The van der Waals surface area contributed by atoms with Crippen molar-refractivity contribution in [2.45, 2.75) is 0 Å². The summed E-state index contributed by atoms with van der Waals surface area (Å²) in [5.74, 6) is 0. The van der Waals surface area contributed by atoms with Gasteiger partial charge in [-0.2, -0.15) is 0 Å². The number of rotatable bonds is 0. The summed E-state index contributed by atoms with van der Waals surface area (Å²) < 4.78 is 0. The molecule has 0 fully saturated rings. The summed E-state index contributed by atoms with van der Waals surface area (Å²) in [6.07, 6.45) is 0. The van der Waals surface area contributed by atoms with Gasteiger partial charge in [-0.3, -0.25) is 0 Å². The second-order valence-corrected chi connectivity index (χ2v) is 0. The fourth-order valence-corrected chi connectivity index (χ4v) is 0. The first-order chi connectivity index (χ1) is 0. The maximum absolute atomic E-state index is 0. The largest absolute Gasteiger partial charge is 0 e. The molecule has 4 heavy (non-hydrogen) atoms. The molecule has 0 aromatic carbocycles. The summed E-state index contributed by atoms with van der Waals surface area (Å²) in [5, 5.41) is 0. The van der Waals surface area contributed by atoms with Crippen LogP contribution in [0.5, 0.6) is 0 Å². The van der Waals surface area contributed by atoms with Gasteiger partial charge in [0.05, 0.1) is 0 Å². The molecule has 0 aromatic heterocycles. The summed E-state index contributed by atoms with van der Waals surface area (Å²) in [5.41, 5.74) is 0. The summed E-state index contributed by atoms with van der Waals surface area (Å²) in [6, 6.07) is 0. The normalized spacial score (nSPS) is 0. The molecule has 0 nitrogen and oxygen atoms in total. The van der Waals surface area contributed by atoms with Crippen molar-refractivity contribution in [3.63, 3.8) is 0 Å². The van der Waals surface area contributed by atoms with E-state index in [1.54, 1.807) is 0 Å². The summed E-state index contributed by atoms with van der Waals surface area (Å²) >= 11 is 0. The molecule has 0 rings (SSSR count). The van der Waals surface area contributed by atoms with E-state index < -0.39 is 0 Å². The van der Waals surface area contributed by atoms with Gasteiger partial charge in [0, 0.05) is 68.9 Å². The van der Waals surface area contributed by atoms with Crippen molar-refractivity contribution >= 4 is 18.9 Å². The average molecular weight is 179 g/mol. The van der Waals surface area contributed by atoms with Crippen molar-refractivity contribution in [2.75, 3.05) is 0 Å². The van der Waals surface area contributed by atoms with E-state index >= 15 is 0 Å². The molecule has 0 aliphatic carbocycles. The Hall–Kier alpha value is 2.10. The Morgan fingerprint density at radius 2 is 0.750 bits per heavy atom. The Morgan fingerprint density at radius 1 is 0.750 bits per heavy atom. The van der Waals surface area contributed by atoms with Gasteiger partial charge in [0.25, 0.3) is 0 Å². The first-order valence-electron chi connectivity index (χ1n) is 0. The predicted molar refractivity (Wildman–Crippen MR) is 5.75 cm³/mol. The Bertz CT molecular complexity index is 6.00. The van der Waals surface area contributed by atoms with Gasteiger partial charge in [-0.25, -0.2) is 0 Å². The van der Waals surface area contributed by atoms with Crippen LogP contribution in [0, 0.1) is 0 Å². The van der Waals surface area contributed by atoms with Crippen LogP contribution in [0.1, 0.15) is 0 Å². The Labute approximate surface area is 68.4 Å². The van der Waals surface area contributed by atoms with Crippen LogP contribution in [0.3, 0.4) is 0 Å². The molecule has 0 aromatic rings. The minimum absolute atomic E-state index is 0. The fourth-order valence-electron chi connectivity index (χ4n) is 0. The molecule has 28 valence electrons. The smallest absolute Gasteiger partial charge is 0 e. The van der Waals surface area contributed by atoms with Crippen LogP contribution in [0.25, 0.3) is 0 Å². The average Bonchev–Trinajstić information content (AvgIpc) is 0. The summed E-state index contributed by atoms with van der Waals surface area (Å²) in [7, 11) is 0. The molecular formula is LiMnNi2. The van der Waals surface area contributed by atoms with Crippen molar-refractivity contribution < 1.29 is 50.1 Å². The predicted octanol–water partition coefficient (Wildman–Crippen LogP) is -0.388. The Balaban J connectivity index is 0. The van der Waals surface area contributed by atoms with Crippen LogP contribution in [0.2, 0.25) is 0 Å². The minimum Gasteiger partial charge on any atom is 0 e. The second-order valence-electron chi connectivity index (χ2n) is 0. The third kappa shape index (κ3) is 8.93. The maximum Gasteiger partial charge on any atom is 0 e. The quantitative estimate of drug-likeness (QED) is 0.444. The zero-order chi connectivity index (χ0) is 0. The van der Waals surface area contributed by atoms with Crippen LogP contribution in [0.15, 0.2) is 0 Å². The first-order valence-corrected chi connectivity index (χ1v) is 0. The van der Waals surface area contributed by atoms with Gasteiger partial charge in [-0.15, -0.1) is 0 Å². The molecule has 0 aliphatic heterocycles. The van der Waals surface area contributed by atoms with Crippen molar-refractivity contribution in [2.24, 2.45) is 0 Å². The third-order valence-corrected chi connectivity index (χ3v) is 0. The van der Waals surface area contributed by atoms with Gasteiger partial charge in [-0.05, 0) is 0 Å². The second kappa shape index (κ2) is 19.4. The zero-order valence-corrected chi connectivity index (χ0v) is 5.17. The van der Waals surface area contributed by atoms with E-state index in [0.29, 0.717) is 0 Å². The van der Waals surface area contributed by atoms with E-state index in [0.717, 1.165) is 0 Å². The Morgan fingerprint density at radius 3 is 0.750 bits per heavy atom. The molecule has 0 spiro atoms. The van der Waals surface area contributed by atoms with Gasteiger partial charge in [0.1, 0.15) is 0 Å². The molecule has 0 heterocycles. The minimum atomic E-state index is 0. The van der Waals surface area contributed by atoms with Crippen LogP contribution < -0.4 is 0 Å². The molecule has 0 amide bonds. The topological polar surface area (TPSA) is 0 Å². The fraction of sp³-hybridized carbons (Fsp3) is 0. The molecule has 0 N–H and O–H groups in total. The van der Waals surface area contributed by atoms with Crippen molar-refractivity contribution in [1.82, 2.24) is 0 Å². The SMILES string of the molecule is [Li].[Mn].[Ni].[Ni]. The van der Waals surface area contributed by atoms with Gasteiger partial charge in [0.15, 0.2) is 0 Å². The van der Waals surface area contributed by atoms with E-state index in [1.807, 2.05) is 0 Å². The van der Waals surface area contributed by atoms with Crippen LogP contribution in [0.4, 0.5) is 0 Å². The molecule has 0 saturated carbocycles. The molecule has 0 saturated heterocycles. The van der Waals surface area contributed by atoms with E-state index in [1.165, 1.54) is 0 Å². The molecule has 2 radical (unpaired) electrons. The monoisotopic (exact) mass is 178 g/mol. The molecule has 0 unspecified atom stereocenters. The van der Waals surface area contributed by atoms with Crippen LogP contribution >= 0.6 is 0 Å². The molecule has 0 atom stereocenters. The Kier molecular flexibility index (Phi) is 174. The first kappa shape index (κ1) is 35.9. The molecule has 0 aliphatic rings. The molecule has 0 bridgehead atoms. The van der Waals surface area contributed by atoms with E-state index in [-0.39, 0.29) is 68.9 Å². The maximum atomic E-state index is 0. The van der Waals surface area contributed by atoms with Gasteiger partial charge < -0.3 is 0 Å². The van der Waals surface area contributed by atoms with Crippen molar-refractivity contribution in [1.29, 1.82) is 0 Å². The van der Waals surface area contributed by atoms with Crippen LogP contribution in [-0.2, 0) is 50.1 Å². The number of hydrogen-bond donors (Lipinski definition) is 0. The van der Waals surface area contributed by atoms with Crippen molar-refractivity contribution in [3.05, 3.63) is 0 Å². The number of hydrogen-bond acceptors (Lipinski definition) is 0. The van der Waals surface area contributed by atoms with Gasteiger partial charge in [0.2, 0.25) is 0 Å². The molecular weight excluding hydrogens is 179 g/mol. The standard InChI is InChI=1S/Li.Mn.2Ni. The summed E-state index contributed by atoms with van der Waals surface area (Å²) in [4.78, 5) is 0. The van der Waals surface area contributed by atoms with E-state index in [4.69, 9.17) is 0 Å². The van der Waals surface area contributed by atoms with E-state index in [2.05, 4.69) is 0 Å². The van der Waals surface area contributed by atoms with Crippen LogP contribution in [-0.4, -0.2) is 18.9 Å². The third-order valence-electron chi connectivity index (χ3n) is 0. The summed E-state index contributed by atoms with van der Waals surface area (Å²) in [6.45, 7) is 0. The zero-order valence-electron chi connectivity index (χ0n) is 2.01. The van der Waals surface area contributed by atoms with Gasteiger partial charge >= 0.3 is 0 Å².